The summed E-state index contributed by atoms with van der Waals surface area (Å²) in [5.41, 5.74) is 0.446. The first-order valence-electron chi connectivity index (χ1n) is 10.6. The van der Waals surface area contributed by atoms with E-state index in [1.807, 2.05) is 25.9 Å². The highest BCUT2D eigenvalue weighted by atomic mass is 16.6. The number of non-ortho nitro benzene ring substituents is 1. The van der Waals surface area contributed by atoms with Gasteiger partial charge >= 0.3 is 0 Å². The summed E-state index contributed by atoms with van der Waals surface area (Å²) in [7, 11) is 3.80. The normalized spacial score (nSPS) is 17.6. The van der Waals surface area contributed by atoms with Gasteiger partial charge in [-0.3, -0.25) is 19.7 Å². The lowest BCUT2D eigenvalue weighted by atomic mass is 9.95. The molecule has 1 heterocycles. The van der Waals surface area contributed by atoms with Gasteiger partial charge in [0.15, 0.2) is 0 Å². The molecule has 0 aromatic heterocycles. The van der Waals surface area contributed by atoms with Gasteiger partial charge in [-0.15, -0.1) is 0 Å². The molecule has 3 rings (SSSR count). The molecule has 0 bridgehead atoms. The molecule has 2 aromatic carbocycles. The summed E-state index contributed by atoms with van der Waals surface area (Å²) in [5, 5.41) is 22.5. The first kappa shape index (κ1) is 23.9. The number of ketones is 1. The minimum Gasteiger partial charge on any atom is -0.507 e. The molecule has 1 N–H and O–H groups in total. The summed E-state index contributed by atoms with van der Waals surface area (Å²) in [6.45, 7) is 3.19. The van der Waals surface area contributed by atoms with Crippen LogP contribution in [0.4, 0.5) is 5.69 Å². The summed E-state index contributed by atoms with van der Waals surface area (Å²) < 4.78 is 5.48. The SMILES string of the molecule is CCOc1cccc(/C(O)=C2\C(=O)C(=O)N(CCCN(C)C)C2c2cccc([N+](=O)[O-])c2)c1. The molecule has 0 spiro atoms. The van der Waals surface area contributed by atoms with Gasteiger partial charge < -0.3 is 19.6 Å². The lowest BCUT2D eigenvalue weighted by Crippen LogP contribution is -2.32. The van der Waals surface area contributed by atoms with Crippen LogP contribution in [0.1, 0.15) is 30.5 Å². The summed E-state index contributed by atoms with van der Waals surface area (Å²) >= 11 is 0. The van der Waals surface area contributed by atoms with E-state index in [2.05, 4.69) is 0 Å². The minimum atomic E-state index is -0.942. The fourth-order valence-corrected chi connectivity index (χ4v) is 3.88. The van der Waals surface area contributed by atoms with Crippen LogP contribution in [0, 0.1) is 10.1 Å². The van der Waals surface area contributed by atoms with Crippen molar-refractivity contribution in [2.45, 2.75) is 19.4 Å². The van der Waals surface area contributed by atoms with Crippen LogP contribution >= 0.6 is 0 Å². The maximum atomic E-state index is 13.1. The number of aliphatic hydroxyl groups excluding tert-OH is 1. The molecule has 0 aliphatic carbocycles. The van der Waals surface area contributed by atoms with Crippen molar-refractivity contribution in [2.24, 2.45) is 0 Å². The first-order valence-corrected chi connectivity index (χ1v) is 10.6. The third-order valence-corrected chi connectivity index (χ3v) is 5.36. The standard InChI is InChI=1S/C24H27N3O6/c1-4-33-19-11-6-9-17(15-19)22(28)20-21(16-8-5-10-18(14-16)27(31)32)26(24(30)23(20)29)13-7-12-25(2)3/h5-6,8-11,14-15,21,28H,4,7,12-13H2,1-3H3/b22-20+. The van der Waals surface area contributed by atoms with E-state index in [1.54, 1.807) is 30.3 Å². The number of aliphatic hydroxyl groups is 1. The molecule has 0 saturated carbocycles. The molecule has 9 nitrogen and oxygen atoms in total. The zero-order valence-corrected chi connectivity index (χ0v) is 18.9. The average molecular weight is 453 g/mol. The maximum absolute atomic E-state index is 13.1. The van der Waals surface area contributed by atoms with Crippen molar-refractivity contribution in [3.05, 3.63) is 75.3 Å². The number of amides is 1. The number of hydrogen-bond donors (Lipinski definition) is 1. The van der Waals surface area contributed by atoms with Gasteiger partial charge in [0.2, 0.25) is 0 Å². The molecule has 0 radical (unpaired) electrons. The Balaban J connectivity index is 2.13. The fraction of sp³-hybridized carbons (Fsp3) is 0.333. The van der Waals surface area contributed by atoms with E-state index in [4.69, 9.17) is 4.74 Å². The Kier molecular flexibility index (Phi) is 7.44. The third-order valence-electron chi connectivity index (χ3n) is 5.36. The van der Waals surface area contributed by atoms with E-state index in [9.17, 15) is 24.8 Å². The number of hydrogen-bond acceptors (Lipinski definition) is 7. The number of rotatable bonds is 9. The Morgan fingerprint density at radius 3 is 2.58 bits per heavy atom. The van der Waals surface area contributed by atoms with Crippen LogP contribution in [0.25, 0.3) is 5.76 Å². The second-order valence-corrected chi connectivity index (χ2v) is 7.96. The monoisotopic (exact) mass is 453 g/mol. The second kappa shape index (κ2) is 10.3. The van der Waals surface area contributed by atoms with Gasteiger partial charge in [-0.05, 0) is 51.7 Å². The predicted molar refractivity (Wildman–Crippen MR) is 123 cm³/mol. The smallest absolute Gasteiger partial charge is 0.295 e. The Labute approximate surface area is 192 Å². The van der Waals surface area contributed by atoms with Crippen LogP contribution in [0.2, 0.25) is 0 Å². The summed E-state index contributed by atoms with van der Waals surface area (Å²) in [6, 6.07) is 11.4. The number of nitro groups is 1. The summed E-state index contributed by atoms with van der Waals surface area (Å²) in [5.74, 6) is -1.40. The summed E-state index contributed by atoms with van der Waals surface area (Å²) in [4.78, 5) is 40.2. The minimum absolute atomic E-state index is 0.0981. The van der Waals surface area contributed by atoms with Gasteiger partial charge in [0.1, 0.15) is 11.5 Å². The number of ether oxygens (including phenoxy) is 1. The molecule has 2 aromatic rings. The van der Waals surface area contributed by atoms with Gasteiger partial charge in [-0.25, -0.2) is 0 Å². The van der Waals surface area contributed by atoms with Crippen LogP contribution in [0.5, 0.6) is 5.75 Å². The van der Waals surface area contributed by atoms with Gasteiger partial charge in [0.25, 0.3) is 17.4 Å². The number of Topliss-reactive ketones (excluding diaryl/α,β-unsaturated/α-hetero) is 1. The molecule has 1 atom stereocenters. The quantitative estimate of drug-likeness (QED) is 0.204. The Bertz CT molecular complexity index is 1100. The topological polar surface area (TPSA) is 113 Å². The third kappa shape index (κ3) is 5.20. The van der Waals surface area contributed by atoms with Gasteiger partial charge in [0.05, 0.1) is 23.1 Å². The van der Waals surface area contributed by atoms with Crippen LogP contribution in [0.3, 0.4) is 0 Å². The lowest BCUT2D eigenvalue weighted by molar-refractivity contribution is -0.384. The molecule has 1 fully saturated rings. The zero-order valence-electron chi connectivity index (χ0n) is 18.9. The summed E-state index contributed by atoms with van der Waals surface area (Å²) in [6.07, 6.45) is 0.589. The van der Waals surface area contributed by atoms with Crippen LogP contribution < -0.4 is 4.74 Å². The van der Waals surface area contributed by atoms with Crippen molar-refractivity contribution in [3.8, 4) is 5.75 Å². The number of likely N-dealkylation sites (tertiary alicyclic amines) is 1. The zero-order chi connectivity index (χ0) is 24.1. The maximum Gasteiger partial charge on any atom is 0.295 e. The molecule has 1 aliphatic rings. The van der Waals surface area contributed by atoms with E-state index < -0.39 is 22.7 Å². The van der Waals surface area contributed by atoms with Crippen LogP contribution in [0.15, 0.2) is 54.1 Å². The van der Waals surface area contributed by atoms with Crippen molar-refractivity contribution in [1.82, 2.24) is 9.80 Å². The molecular formula is C24H27N3O6. The van der Waals surface area contributed by atoms with E-state index in [0.29, 0.717) is 36.4 Å². The van der Waals surface area contributed by atoms with Crippen molar-refractivity contribution < 1.29 is 24.4 Å². The average Bonchev–Trinajstić information content (AvgIpc) is 3.04. The van der Waals surface area contributed by atoms with Crippen molar-refractivity contribution >= 4 is 23.1 Å². The molecule has 174 valence electrons. The van der Waals surface area contributed by atoms with Crippen LogP contribution in [-0.2, 0) is 9.59 Å². The van der Waals surface area contributed by atoms with Crippen LogP contribution in [-0.4, -0.2) is 65.3 Å². The van der Waals surface area contributed by atoms with Crippen molar-refractivity contribution in [1.29, 1.82) is 0 Å². The molecule has 1 unspecified atom stereocenters. The van der Waals surface area contributed by atoms with Gasteiger partial charge in [-0.1, -0.05) is 24.3 Å². The van der Waals surface area contributed by atoms with E-state index >= 15 is 0 Å². The number of nitro benzene ring substituents is 1. The molecule has 1 aliphatic heterocycles. The number of nitrogens with zero attached hydrogens (tertiary/aromatic N) is 3. The molecule has 1 saturated heterocycles. The number of benzene rings is 2. The van der Waals surface area contributed by atoms with E-state index in [-0.39, 0.29) is 23.6 Å². The van der Waals surface area contributed by atoms with E-state index in [0.717, 1.165) is 0 Å². The highest BCUT2D eigenvalue weighted by molar-refractivity contribution is 6.46. The number of carbonyl (C=O) groups excluding carboxylic acids is 2. The highest BCUT2D eigenvalue weighted by Gasteiger charge is 2.46. The first-order chi connectivity index (χ1) is 15.7. The van der Waals surface area contributed by atoms with E-state index in [1.165, 1.54) is 23.1 Å². The van der Waals surface area contributed by atoms with Gasteiger partial charge in [0, 0.05) is 24.2 Å². The predicted octanol–water partition coefficient (Wildman–Crippen LogP) is 3.37. The molecule has 9 heteroatoms. The Morgan fingerprint density at radius 2 is 1.91 bits per heavy atom. The fourth-order valence-electron chi connectivity index (χ4n) is 3.88. The Hall–Kier alpha value is -3.72. The molecule has 1 amide bonds. The lowest BCUT2D eigenvalue weighted by Gasteiger charge is -2.25. The number of carbonyl (C=O) groups is 2. The molecule has 33 heavy (non-hydrogen) atoms. The molecular weight excluding hydrogens is 426 g/mol. The van der Waals surface area contributed by atoms with Gasteiger partial charge in [-0.2, -0.15) is 0 Å². The van der Waals surface area contributed by atoms with Crippen molar-refractivity contribution in [3.63, 3.8) is 0 Å². The van der Waals surface area contributed by atoms with Crippen molar-refractivity contribution in [2.75, 3.05) is 33.8 Å². The Morgan fingerprint density at radius 1 is 1.18 bits per heavy atom. The largest absolute Gasteiger partial charge is 0.507 e. The second-order valence-electron chi connectivity index (χ2n) is 7.96. The highest BCUT2D eigenvalue weighted by Crippen LogP contribution is 2.40.